The van der Waals surface area contributed by atoms with E-state index in [0.717, 1.165) is 54.1 Å². The molecule has 1 amide bonds. The number of nitrogens with one attached hydrogen (secondary N) is 1. The van der Waals surface area contributed by atoms with Crippen LogP contribution in [-0.2, 0) is 11.2 Å². The van der Waals surface area contributed by atoms with Crippen LogP contribution < -0.4 is 11.1 Å². The predicted octanol–water partition coefficient (Wildman–Crippen LogP) is 5.04. The van der Waals surface area contributed by atoms with Crippen LogP contribution in [0.4, 0.5) is 24.8 Å². The lowest BCUT2D eigenvalue weighted by Crippen LogP contribution is -2.30. The third-order valence-corrected chi connectivity index (χ3v) is 6.54. The number of nitrogen functional groups attached to an aromatic ring is 1. The lowest BCUT2D eigenvalue weighted by molar-refractivity contribution is -0.167. The Morgan fingerprint density at radius 3 is 2.79 bits per heavy atom. The van der Waals surface area contributed by atoms with Gasteiger partial charge in [0.25, 0.3) is 0 Å². The zero-order valence-electron chi connectivity index (χ0n) is 18.2. The average Bonchev–Trinajstić information content (AvgIpc) is 3.44. The van der Waals surface area contributed by atoms with Crippen LogP contribution in [0.2, 0.25) is 0 Å². The van der Waals surface area contributed by atoms with Crippen molar-refractivity contribution < 1.29 is 18.0 Å². The van der Waals surface area contributed by atoms with E-state index < -0.39 is 12.1 Å². The number of nitrogens with two attached hydrogens (primary N) is 1. The van der Waals surface area contributed by atoms with Gasteiger partial charge < -0.3 is 15.6 Å². The Labute approximate surface area is 193 Å². The minimum atomic E-state index is -4.95. The number of aromatic nitrogens is 4. The number of carbonyl (C=O) groups excluding carboxylic acids is 1. The highest BCUT2D eigenvalue weighted by Crippen LogP contribution is 2.39. The van der Waals surface area contributed by atoms with Gasteiger partial charge in [-0.1, -0.05) is 12.1 Å². The van der Waals surface area contributed by atoms with Crippen LogP contribution in [0.15, 0.2) is 48.9 Å². The summed E-state index contributed by atoms with van der Waals surface area (Å²) in [7, 11) is 0. The van der Waals surface area contributed by atoms with E-state index in [-0.39, 0.29) is 5.82 Å². The molecule has 1 fully saturated rings. The van der Waals surface area contributed by atoms with E-state index in [0.29, 0.717) is 23.3 Å². The second-order valence-electron chi connectivity index (χ2n) is 8.77. The number of benzene rings is 1. The number of fused-ring (bicyclic) bond motifs is 2. The fourth-order valence-electron chi connectivity index (χ4n) is 4.79. The van der Waals surface area contributed by atoms with Gasteiger partial charge in [0.1, 0.15) is 23.6 Å². The van der Waals surface area contributed by atoms with E-state index in [1.165, 1.54) is 12.4 Å². The molecule has 4 aromatic rings. The summed E-state index contributed by atoms with van der Waals surface area (Å²) in [4.78, 5) is 23.9. The normalized spacial score (nSPS) is 18.6. The van der Waals surface area contributed by atoms with E-state index in [4.69, 9.17) is 5.73 Å². The molecule has 1 aliphatic carbocycles. The predicted molar refractivity (Wildman–Crippen MR) is 123 cm³/mol. The first kappa shape index (κ1) is 22.1. The molecule has 176 valence electrons. The molecule has 0 aliphatic heterocycles. The maximum atomic E-state index is 12.5. The highest BCUT2D eigenvalue weighted by molar-refractivity contribution is 5.95. The van der Waals surface area contributed by atoms with Gasteiger partial charge >= 0.3 is 12.1 Å². The van der Waals surface area contributed by atoms with E-state index >= 15 is 0 Å². The summed E-state index contributed by atoms with van der Waals surface area (Å²) in [6.45, 7) is 0. The standard InChI is InChI=1S/C24H23F3N6O/c25-24(26,27)23(34)32-20-8-6-16-5-3-15(12-19(16)31-20)2-1-14-4-7-17(11-14)33-10-9-18-21(28)29-13-30-22(18)33/h3,5-6,8-10,12-14,17H,1-2,4,7,11H2,(H2,28,29,30)(H,31,32,34)/t14-,17+/m1/s1. The van der Waals surface area contributed by atoms with E-state index in [1.54, 1.807) is 6.07 Å². The van der Waals surface area contributed by atoms with Crippen LogP contribution in [0, 0.1) is 5.92 Å². The van der Waals surface area contributed by atoms with Gasteiger partial charge in [0.15, 0.2) is 0 Å². The Balaban J connectivity index is 1.24. The maximum absolute atomic E-state index is 12.5. The van der Waals surface area contributed by atoms with Crippen LogP contribution in [0.5, 0.6) is 0 Å². The Kier molecular flexibility index (Phi) is 5.59. The van der Waals surface area contributed by atoms with E-state index in [9.17, 15) is 18.0 Å². The van der Waals surface area contributed by atoms with Gasteiger partial charge in [0.05, 0.1) is 10.9 Å². The number of pyridine rings is 1. The molecule has 0 radical (unpaired) electrons. The van der Waals surface area contributed by atoms with Gasteiger partial charge in [0.2, 0.25) is 0 Å². The smallest absolute Gasteiger partial charge is 0.383 e. The molecule has 2 atom stereocenters. The fraction of sp³-hybridized carbons (Fsp3) is 0.333. The second-order valence-corrected chi connectivity index (χ2v) is 8.77. The zero-order chi connectivity index (χ0) is 23.9. The number of alkyl halides is 3. The molecule has 3 N–H and O–H groups in total. The molecule has 1 aliphatic rings. The van der Waals surface area contributed by atoms with Crippen LogP contribution in [-0.4, -0.2) is 31.6 Å². The number of amides is 1. The van der Waals surface area contributed by atoms with Crippen LogP contribution in [0.25, 0.3) is 21.9 Å². The summed E-state index contributed by atoms with van der Waals surface area (Å²) in [6, 6.07) is 11.2. The van der Waals surface area contributed by atoms with Crippen LogP contribution >= 0.6 is 0 Å². The summed E-state index contributed by atoms with van der Waals surface area (Å²) < 4.78 is 39.8. The van der Waals surface area contributed by atoms with Crippen LogP contribution in [0.3, 0.4) is 0 Å². The van der Waals surface area contributed by atoms with Crippen molar-refractivity contribution in [3.63, 3.8) is 0 Å². The summed E-state index contributed by atoms with van der Waals surface area (Å²) >= 11 is 0. The Bertz CT molecular complexity index is 1370. The minimum absolute atomic E-state index is 0.117. The van der Waals surface area contributed by atoms with Crippen molar-refractivity contribution >= 4 is 39.5 Å². The van der Waals surface area contributed by atoms with Crippen molar-refractivity contribution in [1.29, 1.82) is 0 Å². The molecule has 5 rings (SSSR count). The lowest BCUT2D eigenvalue weighted by Gasteiger charge is -2.14. The summed E-state index contributed by atoms with van der Waals surface area (Å²) in [5.41, 5.74) is 8.44. The quantitative estimate of drug-likeness (QED) is 0.428. The number of hydrogen-bond donors (Lipinski definition) is 2. The third kappa shape index (κ3) is 4.40. The maximum Gasteiger partial charge on any atom is 0.471 e. The second kappa shape index (κ2) is 8.58. The van der Waals surface area contributed by atoms with Gasteiger partial charge in [-0.2, -0.15) is 13.2 Å². The van der Waals surface area contributed by atoms with Crippen LogP contribution in [0.1, 0.15) is 37.3 Å². The van der Waals surface area contributed by atoms with Crippen molar-refractivity contribution in [2.24, 2.45) is 5.92 Å². The molecule has 1 saturated carbocycles. The Morgan fingerprint density at radius 1 is 1.15 bits per heavy atom. The van der Waals surface area contributed by atoms with Crippen molar-refractivity contribution in [3.8, 4) is 0 Å². The first-order valence-electron chi connectivity index (χ1n) is 11.1. The summed E-state index contributed by atoms with van der Waals surface area (Å²) in [5, 5.41) is 3.49. The van der Waals surface area contributed by atoms with Crippen molar-refractivity contribution in [2.75, 3.05) is 11.1 Å². The van der Waals surface area contributed by atoms with E-state index in [2.05, 4.69) is 19.5 Å². The molecular formula is C24H23F3N6O. The fourth-order valence-corrected chi connectivity index (χ4v) is 4.79. The monoisotopic (exact) mass is 468 g/mol. The zero-order valence-corrected chi connectivity index (χ0v) is 18.2. The molecule has 7 nitrogen and oxygen atoms in total. The molecule has 0 saturated heterocycles. The summed E-state index contributed by atoms with van der Waals surface area (Å²) in [6.07, 6.45) is 3.65. The molecule has 0 spiro atoms. The highest BCUT2D eigenvalue weighted by atomic mass is 19.4. The first-order valence-corrected chi connectivity index (χ1v) is 11.1. The number of hydrogen-bond acceptors (Lipinski definition) is 5. The van der Waals surface area contributed by atoms with Gasteiger partial charge in [-0.15, -0.1) is 0 Å². The Hall–Kier alpha value is -3.69. The average molecular weight is 468 g/mol. The van der Waals surface area contributed by atoms with Gasteiger partial charge in [-0.25, -0.2) is 15.0 Å². The van der Waals surface area contributed by atoms with Crippen molar-refractivity contribution in [2.45, 2.75) is 44.3 Å². The number of anilines is 2. The molecule has 3 aromatic heterocycles. The SMILES string of the molecule is Nc1ncnc2c1ccn2[C@H]1CC[C@@H](CCc2ccc3ccc(NC(=O)C(F)(F)F)nc3c2)C1. The first-order chi connectivity index (χ1) is 16.3. The molecule has 0 bridgehead atoms. The molecule has 10 heteroatoms. The van der Waals surface area contributed by atoms with Gasteiger partial charge in [-0.3, -0.25) is 4.79 Å². The van der Waals surface area contributed by atoms with Gasteiger partial charge in [0, 0.05) is 17.6 Å². The number of rotatable bonds is 5. The largest absolute Gasteiger partial charge is 0.471 e. The highest BCUT2D eigenvalue weighted by Gasteiger charge is 2.38. The van der Waals surface area contributed by atoms with Crippen molar-refractivity contribution in [3.05, 3.63) is 54.5 Å². The third-order valence-electron chi connectivity index (χ3n) is 6.54. The Morgan fingerprint density at radius 2 is 1.97 bits per heavy atom. The lowest BCUT2D eigenvalue weighted by atomic mass is 9.97. The molecule has 1 aromatic carbocycles. The van der Waals surface area contributed by atoms with Crippen molar-refractivity contribution in [1.82, 2.24) is 19.5 Å². The summed E-state index contributed by atoms with van der Waals surface area (Å²) in [5.74, 6) is -1.10. The number of carbonyl (C=O) groups is 1. The number of nitrogens with zero attached hydrogens (tertiary/aromatic N) is 4. The van der Waals surface area contributed by atoms with Gasteiger partial charge in [-0.05, 0) is 67.9 Å². The molecular weight excluding hydrogens is 445 g/mol. The molecule has 34 heavy (non-hydrogen) atoms. The number of aryl methyl sites for hydroxylation is 1. The topological polar surface area (TPSA) is 98.7 Å². The number of halogens is 3. The minimum Gasteiger partial charge on any atom is -0.383 e. The van der Waals surface area contributed by atoms with E-state index in [1.807, 2.05) is 35.8 Å². The molecule has 3 heterocycles. The molecule has 0 unspecified atom stereocenters.